The first kappa shape index (κ1) is 12.6. The van der Waals surface area contributed by atoms with Crippen LogP contribution in [0.25, 0.3) is 0 Å². The van der Waals surface area contributed by atoms with Crippen LogP contribution in [-0.2, 0) is 0 Å². The molecule has 0 bridgehead atoms. The third kappa shape index (κ3) is 3.30. The summed E-state index contributed by atoms with van der Waals surface area (Å²) in [4.78, 5) is 2.38. The third-order valence-corrected chi connectivity index (χ3v) is 3.80. The van der Waals surface area contributed by atoms with Crippen LogP contribution in [0.2, 0.25) is 0 Å². The molecule has 1 saturated heterocycles. The summed E-state index contributed by atoms with van der Waals surface area (Å²) in [7, 11) is 0. The van der Waals surface area contributed by atoms with Crippen LogP contribution < -0.4 is 0 Å². The molecular weight excluding hydrogens is 210 g/mol. The molecule has 0 amide bonds. The second-order valence-electron chi connectivity index (χ2n) is 5.22. The highest BCUT2D eigenvalue weighted by Crippen LogP contribution is 2.19. The van der Waals surface area contributed by atoms with Crippen LogP contribution in [0.4, 0.5) is 0 Å². The van der Waals surface area contributed by atoms with E-state index in [4.69, 9.17) is 0 Å². The van der Waals surface area contributed by atoms with Gasteiger partial charge in [0.15, 0.2) is 0 Å². The number of piperidine rings is 1. The Kier molecular flexibility index (Phi) is 4.19. The number of rotatable bonds is 3. The molecule has 0 aliphatic carbocycles. The van der Waals surface area contributed by atoms with Crippen molar-refractivity contribution in [3.63, 3.8) is 0 Å². The van der Waals surface area contributed by atoms with Crippen molar-refractivity contribution in [2.75, 3.05) is 19.6 Å². The van der Waals surface area contributed by atoms with Gasteiger partial charge in [0.05, 0.1) is 6.10 Å². The first-order valence-electron chi connectivity index (χ1n) is 6.64. The Balaban J connectivity index is 1.98. The zero-order valence-corrected chi connectivity index (χ0v) is 10.9. The first-order chi connectivity index (χ1) is 8.16. The van der Waals surface area contributed by atoms with Gasteiger partial charge in [-0.25, -0.2) is 0 Å². The highest BCUT2D eigenvalue weighted by molar-refractivity contribution is 5.31. The van der Waals surface area contributed by atoms with Crippen LogP contribution in [0.15, 0.2) is 18.2 Å². The van der Waals surface area contributed by atoms with Gasteiger partial charge in [-0.2, -0.15) is 0 Å². The number of aliphatic hydroxyl groups excluding tert-OH is 1. The predicted octanol–water partition coefficient (Wildman–Crippen LogP) is 2.82. The number of aryl methyl sites for hydroxylation is 2. The number of hydrogen-bond donors (Lipinski definition) is 1. The zero-order chi connectivity index (χ0) is 12.3. The van der Waals surface area contributed by atoms with Gasteiger partial charge < -0.3 is 10.0 Å². The Labute approximate surface area is 104 Å². The lowest BCUT2D eigenvalue weighted by molar-refractivity contribution is 0.101. The SMILES string of the molecule is Cc1ccc(C(O)CN2CCCCC2)cc1C. The zero-order valence-electron chi connectivity index (χ0n) is 10.9. The summed E-state index contributed by atoms with van der Waals surface area (Å²) in [5, 5.41) is 10.2. The quantitative estimate of drug-likeness (QED) is 0.867. The van der Waals surface area contributed by atoms with Crippen molar-refractivity contribution in [2.24, 2.45) is 0 Å². The minimum Gasteiger partial charge on any atom is -0.387 e. The van der Waals surface area contributed by atoms with Crippen molar-refractivity contribution in [3.8, 4) is 0 Å². The maximum Gasteiger partial charge on any atom is 0.0917 e. The number of β-amino-alcohol motifs (C(OH)–C–C–N with tert-alkyl or cyclic N) is 1. The van der Waals surface area contributed by atoms with Crippen LogP contribution >= 0.6 is 0 Å². The van der Waals surface area contributed by atoms with Crippen LogP contribution in [-0.4, -0.2) is 29.6 Å². The Hall–Kier alpha value is -0.860. The van der Waals surface area contributed by atoms with Crippen molar-refractivity contribution in [1.29, 1.82) is 0 Å². The monoisotopic (exact) mass is 233 g/mol. The second-order valence-corrected chi connectivity index (χ2v) is 5.22. The van der Waals surface area contributed by atoms with Gasteiger partial charge in [0.2, 0.25) is 0 Å². The molecule has 0 aromatic heterocycles. The number of benzene rings is 1. The average molecular weight is 233 g/mol. The van der Waals surface area contributed by atoms with Gasteiger partial charge in [-0.1, -0.05) is 24.6 Å². The molecule has 1 aromatic rings. The van der Waals surface area contributed by atoms with E-state index in [0.29, 0.717) is 0 Å². The van der Waals surface area contributed by atoms with E-state index in [1.165, 1.54) is 30.4 Å². The molecule has 1 heterocycles. The lowest BCUT2D eigenvalue weighted by Gasteiger charge is -2.28. The molecule has 1 fully saturated rings. The molecule has 2 rings (SSSR count). The lowest BCUT2D eigenvalue weighted by Crippen LogP contribution is -2.33. The Morgan fingerprint density at radius 3 is 2.47 bits per heavy atom. The summed E-state index contributed by atoms with van der Waals surface area (Å²) in [5.74, 6) is 0. The fraction of sp³-hybridized carbons (Fsp3) is 0.600. The average Bonchev–Trinajstić information content (AvgIpc) is 2.34. The minimum absolute atomic E-state index is 0.340. The molecule has 17 heavy (non-hydrogen) atoms. The summed E-state index contributed by atoms with van der Waals surface area (Å²) in [5.41, 5.74) is 3.61. The van der Waals surface area contributed by atoms with E-state index < -0.39 is 0 Å². The lowest BCUT2D eigenvalue weighted by atomic mass is 10.0. The maximum absolute atomic E-state index is 10.2. The highest BCUT2D eigenvalue weighted by atomic mass is 16.3. The van der Waals surface area contributed by atoms with Crippen molar-refractivity contribution < 1.29 is 5.11 Å². The standard InChI is InChI=1S/C15H23NO/c1-12-6-7-14(10-13(12)2)15(17)11-16-8-4-3-5-9-16/h6-7,10,15,17H,3-5,8-9,11H2,1-2H3. The fourth-order valence-electron chi connectivity index (χ4n) is 2.46. The molecule has 0 saturated carbocycles. The Morgan fingerprint density at radius 2 is 1.82 bits per heavy atom. The predicted molar refractivity (Wildman–Crippen MR) is 71.2 cm³/mol. The van der Waals surface area contributed by atoms with E-state index in [1.807, 2.05) is 0 Å². The van der Waals surface area contributed by atoms with E-state index in [0.717, 1.165) is 25.2 Å². The molecule has 1 unspecified atom stereocenters. The highest BCUT2D eigenvalue weighted by Gasteiger charge is 2.16. The number of nitrogens with zero attached hydrogens (tertiary/aromatic N) is 1. The van der Waals surface area contributed by atoms with Gasteiger partial charge in [0, 0.05) is 6.54 Å². The van der Waals surface area contributed by atoms with Crippen LogP contribution in [0.5, 0.6) is 0 Å². The van der Waals surface area contributed by atoms with E-state index in [-0.39, 0.29) is 6.10 Å². The molecule has 1 aromatic carbocycles. The van der Waals surface area contributed by atoms with E-state index >= 15 is 0 Å². The van der Waals surface area contributed by atoms with Gasteiger partial charge in [0.25, 0.3) is 0 Å². The second kappa shape index (κ2) is 5.65. The van der Waals surface area contributed by atoms with Gasteiger partial charge in [-0.05, 0) is 56.5 Å². The molecular formula is C15H23NO. The summed E-state index contributed by atoms with van der Waals surface area (Å²) in [6.07, 6.45) is 3.56. The normalized spacial score (nSPS) is 19.2. The molecule has 2 nitrogen and oxygen atoms in total. The van der Waals surface area contributed by atoms with Crippen molar-refractivity contribution in [2.45, 2.75) is 39.2 Å². The maximum atomic E-state index is 10.2. The summed E-state index contributed by atoms with van der Waals surface area (Å²) < 4.78 is 0. The molecule has 1 N–H and O–H groups in total. The largest absolute Gasteiger partial charge is 0.387 e. The number of likely N-dealkylation sites (tertiary alicyclic amines) is 1. The molecule has 1 atom stereocenters. The smallest absolute Gasteiger partial charge is 0.0917 e. The molecule has 0 radical (unpaired) electrons. The molecule has 94 valence electrons. The van der Waals surface area contributed by atoms with Gasteiger partial charge >= 0.3 is 0 Å². The van der Waals surface area contributed by atoms with Crippen LogP contribution in [0.1, 0.15) is 42.1 Å². The topological polar surface area (TPSA) is 23.5 Å². The third-order valence-electron chi connectivity index (χ3n) is 3.80. The van der Waals surface area contributed by atoms with E-state index in [2.05, 4.69) is 36.9 Å². The Morgan fingerprint density at radius 1 is 1.12 bits per heavy atom. The number of hydrogen-bond acceptors (Lipinski definition) is 2. The van der Waals surface area contributed by atoms with Gasteiger partial charge in [-0.15, -0.1) is 0 Å². The molecule has 1 aliphatic heterocycles. The van der Waals surface area contributed by atoms with Crippen LogP contribution in [0.3, 0.4) is 0 Å². The van der Waals surface area contributed by atoms with Gasteiger partial charge in [-0.3, -0.25) is 0 Å². The van der Waals surface area contributed by atoms with Crippen molar-refractivity contribution in [1.82, 2.24) is 4.90 Å². The summed E-state index contributed by atoms with van der Waals surface area (Å²) in [6, 6.07) is 6.27. The Bertz CT molecular complexity index is 369. The minimum atomic E-state index is -0.340. The summed E-state index contributed by atoms with van der Waals surface area (Å²) >= 11 is 0. The van der Waals surface area contributed by atoms with Crippen LogP contribution in [0, 0.1) is 13.8 Å². The summed E-state index contributed by atoms with van der Waals surface area (Å²) in [6.45, 7) is 7.27. The van der Waals surface area contributed by atoms with Crippen molar-refractivity contribution in [3.05, 3.63) is 34.9 Å². The number of aliphatic hydroxyl groups is 1. The molecule has 0 spiro atoms. The van der Waals surface area contributed by atoms with E-state index in [1.54, 1.807) is 0 Å². The molecule has 1 aliphatic rings. The van der Waals surface area contributed by atoms with Crippen molar-refractivity contribution >= 4 is 0 Å². The van der Waals surface area contributed by atoms with E-state index in [9.17, 15) is 5.11 Å². The first-order valence-corrected chi connectivity index (χ1v) is 6.64. The van der Waals surface area contributed by atoms with Gasteiger partial charge in [0.1, 0.15) is 0 Å². The fourth-order valence-corrected chi connectivity index (χ4v) is 2.46. The molecule has 2 heteroatoms.